The zero-order chi connectivity index (χ0) is 21.1. The van der Waals surface area contributed by atoms with Crippen LogP contribution in [-0.2, 0) is 22.6 Å². The molecule has 0 unspecified atom stereocenters. The minimum absolute atomic E-state index is 0.00704. The molecule has 10 heteroatoms. The van der Waals surface area contributed by atoms with Crippen LogP contribution in [0.3, 0.4) is 0 Å². The third kappa shape index (κ3) is 4.71. The fourth-order valence-electron chi connectivity index (χ4n) is 3.59. The quantitative estimate of drug-likeness (QED) is 0.645. The Hall–Kier alpha value is -2.72. The molecular formula is C20H23N3O6S. The molecule has 2 aromatic rings. The van der Waals surface area contributed by atoms with E-state index in [1.165, 1.54) is 11.3 Å². The van der Waals surface area contributed by atoms with Gasteiger partial charge in [0.15, 0.2) is 5.82 Å². The van der Waals surface area contributed by atoms with Crippen LogP contribution in [0.25, 0.3) is 11.5 Å². The van der Waals surface area contributed by atoms with Gasteiger partial charge in [-0.25, -0.2) is 4.79 Å². The van der Waals surface area contributed by atoms with E-state index in [1.54, 1.807) is 11.3 Å². The minimum atomic E-state index is -1.83. The summed E-state index contributed by atoms with van der Waals surface area (Å²) < 4.78 is 11.2. The molecule has 9 nitrogen and oxygen atoms in total. The number of fused-ring (bicyclic) bond motifs is 1. The van der Waals surface area contributed by atoms with Crippen molar-refractivity contribution in [3.8, 4) is 11.5 Å². The molecule has 1 amide bonds. The van der Waals surface area contributed by atoms with E-state index >= 15 is 0 Å². The summed E-state index contributed by atoms with van der Waals surface area (Å²) in [5.74, 6) is 1.71. The summed E-state index contributed by atoms with van der Waals surface area (Å²) in [4.78, 5) is 27.1. The number of amides is 1. The lowest BCUT2D eigenvalue weighted by Gasteiger charge is -2.13. The Labute approximate surface area is 176 Å². The summed E-state index contributed by atoms with van der Waals surface area (Å²) in [6, 6.07) is 0. The van der Waals surface area contributed by atoms with Gasteiger partial charge < -0.3 is 24.8 Å². The second kappa shape index (κ2) is 8.97. The number of thiophene rings is 1. The van der Waals surface area contributed by atoms with E-state index in [9.17, 15) is 4.79 Å². The number of nitrogens with one attached hydrogen (secondary N) is 1. The Morgan fingerprint density at radius 3 is 2.70 bits per heavy atom. The molecule has 0 spiro atoms. The number of hydrogen-bond donors (Lipinski definition) is 3. The minimum Gasteiger partial charge on any atom is -0.450 e. The first-order chi connectivity index (χ1) is 14.5. The molecule has 1 saturated carbocycles. The standard InChI is InChI=1S/C19H21N3O3S.CH2O3/c23-17(12-4-2-1-3-5-12)21-19-15(13-10-24-9-8-14(13)26-19)18-20-16(22-25-18)11-6-7-11;2-1(3)4/h4,11H,1-3,5-10H2,(H,21,23);(H2,2,3,4). The maximum Gasteiger partial charge on any atom is 0.503 e. The molecule has 0 atom stereocenters. The number of carboxylic acid groups (broad SMARTS) is 2. The number of allylic oxidation sites excluding steroid dienone is 1. The van der Waals surface area contributed by atoms with Crippen molar-refractivity contribution in [2.75, 3.05) is 11.9 Å². The SMILES string of the molecule is O=C(Nc1sc2c(c1-c1nc(C3CC3)no1)COCC2)C1=CCCCC1.O=C(O)O. The van der Waals surface area contributed by atoms with E-state index in [-0.39, 0.29) is 5.91 Å². The Morgan fingerprint density at radius 2 is 2.00 bits per heavy atom. The number of carbonyl (C=O) groups excluding carboxylic acids is 1. The zero-order valence-electron chi connectivity index (χ0n) is 16.3. The van der Waals surface area contributed by atoms with Crippen LogP contribution >= 0.6 is 11.3 Å². The maximum atomic E-state index is 12.7. The van der Waals surface area contributed by atoms with Crippen LogP contribution in [0, 0.1) is 0 Å². The average Bonchev–Trinajstić information content (AvgIpc) is 3.36. The average molecular weight is 433 g/mol. The van der Waals surface area contributed by atoms with Crippen molar-refractivity contribution in [1.29, 1.82) is 0 Å². The van der Waals surface area contributed by atoms with Crippen molar-refractivity contribution in [2.45, 2.75) is 57.5 Å². The normalized spacial score (nSPS) is 17.9. The summed E-state index contributed by atoms with van der Waals surface area (Å²) in [6.45, 7) is 1.24. The predicted molar refractivity (Wildman–Crippen MR) is 109 cm³/mol. The van der Waals surface area contributed by atoms with Gasteiger partial charge in [0.2, 0.25) is 0 Å². The largest absolute Gasteiger partial charge is 0.503 e. The molecule has 2 aliphatic carbocycles. The lowest BCUT2D eigenvalue weighted by molar-refractivity contribution is -0.113. The van der Waals surface area contributed by atoms with Crippen molar-refractivity contribution in [3.63, 3.8) is 0 Å². The van der Waals surface area contributed by atoms with Gasteiger partial charge in [0.25, 0.3) is 11.8 Å². The Kier molecular flexibility index (Phi) is 6.14. The maximum absolute atomic E-state index is 12.7. The van der Waals surface area contributed by atoms with E-state index in [2.05, 4.69) is 21.5 Å². The number of hydrogen-bond acceptors (Lipinski definition) is 7. The van der Waals surface area contributed by atoms with Crippen molar-refractivity contribution >= 4 is 28.4 Å². The molecule has 2 aromatic heterocycles. The third-order valence-electron chi connectivity index (χ3n) is 5.22. The molecular weight excluding hydrogens is 410 g/mol. The highest BCUT2D eigenvalue weighted by Crippen LogP contribution is 2.44. The molecule has 3 heterocycles. The van der Waals surface area contributed by atoms with Crippen molar-refractivity contribution in [1.82, 2.24) is 10.1 Å². The van der Waals surface area contributed by atoms with Gasteiger partial charge in [-0.05, 0) is 38.5 Å². The molecule has 0 saturated heterocycles. The van der Waals surface area contributed by atoms with Crippen LogP contribution in [-0.4, -0.2) is 39.0 Å². The monoisotopic (exact) mass is 433 g/mol. The fraction of sp³-hybridized carbons (Fsp3) is 0.500. The van der Waals surface area contributed by atoms with Crippen LogP contribution in [0.1, 0.15) is 60.7 Å². The second-order valence-electron chi connectivity index (χ2n) is 7.45. The molecule has 0 aromatic carbocycles. The van der Waals surface area contributed by atoms with E-state index in [0.717, 1.165) is 66.1 Å². The molecule has 30 heavy (non-hydrogen) atoms. The van der Waals surface area contributed by atoms with Gasteiger partial charge in [-0.15, -0.1) is 11.3 Å². The molecule has 0 radical (unpaired) electrons. The molecule has 160 valence electrons. The van der Waals surface area contributed by atoms with Crippen LogP contribution < -0.4 is 5.32 Å². The summed E-state index contributed by atoms with van der Waals surface area (Å²) in [5.41, 5.74) is 2.82. The highest BCUT2D eigenvalue weighted by atomic mass is 32.1. The van der Waals surface area contributed by atoms with Gasteiger partial charge in [0, 0.05) is 28.4 Å². The molecule has 0 bridgehead atoms. The van der Waals surface area contributed by atoms with Crippen molar-refractivity contribution in [2.24, 2.45) is 0 Å². The molecule has 3 aliphatic rings. The lowest BCUT2D eigenvalue weighted by Crippen LogP contribution is -2.15. The first kappa shape index (κ1) is 20.5. The van der Waals surface area contributed by atoms with Gasteiger partial charge in [0.1, 0.15) is 5.00 Å². The van der Waals surface area contributed by atoms with Gasteiger partial charge in [-0.2, -0.15) is 4.98 Å². The second-order valence-corrected chi connectivity index (χ2v) is 8.56. The summed E-state index contributed by atoms with van der Waals surface area (Å²) in [6.07, 6.45) is 7.42. The van der Waals surface area contributed by atoms with Gasteiger partial charge in [-0.1, -0.05) is 11.2 Å². The highest BCUT2D eigenvalue weighted by Gasteiger charge is 2.32. The van der Waals surface area contributed by atoms with E-state index in [4.69, 9.17) is 24.3 Å². The van der Waals surface area contributed by atoms with Crippen molar-refractivity contribution < 1.29 is 29.1 Å². The van der Waals surface area contributed by atoms with Gasteiger partial charge in [-0.3, -0.25) is 4.79 Å². The number of aromatic nitrogens is 2. The molecule has 3 N–H and O–H groups in total. The molecule has 1 aliphatic heterocycles. The number of carbonyl (C=O) groups is 2. The number of anilines is 1. The summed E-state index contributed by atoms with van der Waals surface area (Å²) in [5, 5.41) is 22.0. The number of ether oxygens (including phenoxy) is 1. The van der Waals surface area contributed by atoms with Gasteiger partial charge in [0.05, 0.1) is 18.8 Å². The fourth-order valence-corrected chi connectivity index (χ4v) is 4.76. The first-order valence-electron chi connectivity index (χ1n) is 10.0. The van der Waals surface area contributed by atoms with Crippen LogP contribution in [0.2, 0.25) is 0 Å². The lowest BCUT2D eigenvalue weighted by atomic mass is 9.99. The Balaban J connectivity index is 0.000000503. The predicted octanol–water partition coefficient (Wildman–Crippen LogP) is 4.41. The number of nitrogens with zero attached hydrogens (tertiary/aromatic N) is 2. The van der Waals surface area contributed by atoms with Gasteiger partial charge >= 0.3 is 6.16 Å². The van der Waals surface area contributed by atoms with E-state index < -0.39 is 6.16 Å². The van der Waals surface area contributed by atoms with Crippen molar-refractivity contribution in [3.05, 3.63) is 27.9 Å². The van der Waals surface area contributed by atoms with Crippen LogP contribution in [0.5, 0.6) is 0 Å². The first-order valence-corrected chi connectivity index (χ1v) is 10.8. The topological polar surface area (TPSA) is 135 Å². The number of rotatable bonds is 4. The van der Waals surface area contributed by atoms with Crippen LogP contribution in [0.4, 0.5) is 9.80 Å². The summed E-state index contributed by atoms with van der Waals surface area (Å²) >= 11 is 1.62. The highest BCUT2D eigenvalue weighted by molar-refractivity contribution is 7.17. The van der Waals surface area contributed by atoms with E-state index in [1.807, 2.05) is 0 Å². The van der Waals surface area contributed by atoms with E-state index in [0.29, 0.717) is 25.0 Å². The molecule has 1 fully saturated rings. The Morgan fingerprint density at radius 1 is 1.20 bits per heavy atom. The van der Waals surface area contributed by atoms with Crippen LogP contribution in [0.15, 0.2) is 16.2 Å². The smallest absolute Gasteiger partial charge is 0.450 e. The molecule has 5 rings (SSSR count). The third-order valence-corrected chi connectivity index (χ3v) is 6.43. The Bertz CT molecular complexity index is 971. The zero-order valence-corrected chi connectivity index (χ0v) is 17.2. The summed E-state index contributed by atoms with van der Waals surface area (Å²) in [7, 11) is 0.